The van der Waals surface area contributed by atoms with Gasteiger partial charge in [0.1, 0.15) is 16.0 Å². The lowest BCUT2D eigenvalue weighted by atomic mass is 10.0. The second-order valence-corrected chi connectivity index (χ2v) is 7.58. The molecule has 0 radical (unpaired) electrons. The third kappa shape index (κ3) is 2.54. The molecule has 4 rings (SSSR count). The Hall–Kier alpha value is -1.47. The van der Waals surface area contributed by atoms with Gasteiger partial charge in [0.15, 0.2) is 0 Å². The van der Waals surface area contributed by atoms with Crippen LogP contribution in [0.5, 0.6) is 0 Å². The molecule has 1 saturated carbocycles. The molecule has 2 aliphatic rings. The molecule has 1 spiro atoms. The molecular weight excluding hydrogens is 354 g/mol. The van der Waals surface area contributed by atoms with Crippen LogP contribution in [-0.4, -0.2) is 27.8 Å². The van der Waals surface area contributed by atoms with Crippen molar-refractivity contribution in [3.63, 3.8) is 0 Å². The van der Waals surface area contributed by atoms with Crippen LogP contribution in [0.3, 0.4) is 0 Å². The van der Waals surface area contributed by atoms with Crippen molar-refractivity contribution in [2.75, 3.05) is 17.7 Å². The lowest BCUT2D eigenvalue weighted by Crippen LogP contribution is -2.22. The van der Waals surface area contributed by atoms with E-state index in [0.717, 1.165) is 31.0 Å². The summed E-state index contributed by atoms with van der Waals surface area (Å²) in [5.41, 5.74) is 2.09. The van der Waals surface area contributed by atoms with E-state index in [1.807, 2.05) is 11.2 Å². The highest BCUT2D eigenvalue weighted by molar-refractivity contribution is 7.98. The molecule has 0 N–H and O–H groups in total. The van der Waals surface area contributed by atoms with Crippen LogP contribution in [0.15, 0.2) is 23.4 Å². The Morgan fingerprint density at radius 1 is 1.29 bits per heavy atom. The Labute approximate surface area is 147 Å². The van der Waals surface area contributed by atoms with Crippen molar-refractivity contribution in [3.05, 3.63) is 34.9 Å². The number of alkyl halides is 2. The Morgan fingerprint density at radius 2 is 2.04 bits per heavy atom. The number of halogens is 3. The first-order valence-electron chi connectivity index (χ1n) is 7.57. The molecule has 1 aliphatic heterocycles. The van der Waals surface area contributed by atoms with Crippen LogP contribution < -0.4 is 4.90 Å². The van der Waals surface area contributed by atoms with E-state index in [9.17, 15) is 8.78 Å². The lowest BCUT2D eigenvalue weighted by Gasteiger charge is -2.21. The van der Waals surface area contributed by atoms with Crippen molar-refractivity contribution >= 4 is 34.9 Å². The predicted molar refractivity (Wildman–Crippen MR) is 90.5 cm³/mol. The molecule has 0 atom stereocenters. The predicted octanol–water partition coefficient (Wildman–Crippen LogP) is 4.54. The monoisotopic (exact) mass is 368 g/mol. The van der Waals surface area contributed by atoms with Crippen LogP contribution in [0.1, 0.15) is 31.2 Å². The molecular formula is C16H15ClF2N4S. The van der Waals surface area contributed by atoms with Gasteiger partial charge in [0.05, 0.1) is 5.69 Å². The van der Waals surface area contributed by atoms with Gasteiger partial charge in [0.25, 0.3) is 0 Å². The van der Waals surface area contributed by atoms with Crippen molar-refractivity contribution in [2.24, 2.45) is 0 Å². The highest BCUT2D eigenvalue weighted by atomic mass is 35.5. The van der Waals surface area contributed by atoms with E-state index in [1.54, 1.807) is 18.3 Å². The fourth-order valence-electron chi connectivity index (χ4n) is 3.16. The lowest BCUT2D eigenvalue weighted by molar-refractivity contribution is 0.00715. The number of thioether (sulfide) groups is 1. The molecule has 0 aromatic carbocycles. The first-order valence-corrected chi connectivity index (χ1v) is 9.18. The fraction of sp³-hybridized carbons (Fsp3) is 0.438. The summed E-state index contributed by atoms with van der Waals surface area (Å²) in [5, 5.41) is 0.909. The number of aromatic nitrogens is 3. The van der Waals surface area contributed by atoms with Gasteiger partial charge >= 0.3 is 5.92 Å². The summed E-state index contributed by atoms with van der Waals surface area (Å²) in [6.07, 6.45) is 5.75. The van der Waals surface area contributed by atoms with Crippen LogP contribution in [0.25, 0.3) is 0 Å². The Kier molecular flexibility index (Phi) is 3.51. The molecule has 2 aromatic rings. The van der Waals surface area contributed by atoms with E-state index in [0.29, 0.717) is 22.5 Å². The van der Waals surface area contributed by atoms with Gasteiger partial charge in [0, 0.05) is 36.7 Å². The van der Waals surface area contributed by atoms with E-state index in [4.69, 9.17) is 11.6 Å². The van der Waals surface area contributed by atoms with Crippen molar-refractivity contribution in [1.29, 1.82) is 0 Å². The van der Waals surface area contributed by atoms with E-state index < -0.39 is 11.7 Å². The zero-order valence-corrected chi connectivity index (χ0v) is 14.8. The van der Waals surface area contributed by atoms with E-state index >= 15 is 0 Å². The topological polar surface area (TPSA) is 41.9 Å². The minimum Gasteiger partial charge on any atom is -0.325 e. The maximum Gasteiger partial charge on any atom is 0.303 e. The summed E-state index contributed by atoms with van der Waals surface area (Å²) in [6.45, 7) is 1.53. The summed E-state index contributed by atoms with van der Waals surface area (Å²) in [7, 11) is 0. The minimum atomic E-state index is -3.09. The molecule has 0 bridgehead atoms. The highest BCUT2D eigenvalue weighted by Gasteiger charge is 2.52. The maximum absolute atomic E-state index is 13.8. The van der Waals surface area contributed by atoms with Gasteiger partial charge < -0.3 is 4.90 Å². The molecule has 8 heteroatoms. The second-order valence-electron chi connectivity index (χ2n) is 6.37. The molecule has 3 heterocycles. The quantitative estimate of drug-likeness (QED) is 0.452. The normalized spacial score (nSPS) is 18.1. The average molecular weight is 369 g/mol. The van der Waals surface area contributed by atoms with Gasteiger partial charge in [0.2, 0.25) is 5.82 Å². The molecule has 126 valence electrons. The van der Waals surface area contributed by atoms with Gasteiger partial charge in [-0.3, -0.25) is 0 Å². The standard InChI is InChI=1S/C16H15ClF2N4S/c1-15(18,19)14-21-12(6-13(22-14)24-2)23-8-16(3-4-16)9-7-20-11(17)5-10(9)23/h5-7H,3-4,8H2,1-2H3. The molecule has 4 nitrogen and oxygen atoms in total. The van der Waals surface area contributed by atoms with E-state index in [1.165, 1.54) is 11.8 Å². The molecule has 0 saturated heterocycles. The highest BCUT2D eigenvalue weighted by Crippen LogP contribution is 2.58. The van der Waals surface area contributed by atoms with Crippen LogP contribution in [0.2, 0.25) is 5.15 Å². The van der Waals surface area contributed by atoms with E-state index in [-0.39, 0.29) is 5.41 Å². The minimum absolute atomic E-state index is 0.0618. The number of pyridine rings is 1. The second kappa shape index (κ2) is 5.26. The first-order chi connectivity index (χ1) is 11.3. The van der Waals surface area contributed by atoms with Crippen molar-refractivity contribution in [1.82, 2.24) is 15.0 Å². The Morgan fingerprint density at radius 3 is 2.67 bits per heavy atom. The zero-order valence-electron chi connectivity index (χ0n) is 13.2. The molecule has 2 aromatic heterocycles. The summed E-state index contributed by atoms with van der Waals surface area (Å²) < 4.78 is 27.6. The number of rotatable bonds is 3. The molecule has 1 fully saturated rings. The van der Waals surface area contributed by atoms with Crippen LogP contribution >= 0.6 is 23.4 Å². The fourth-order valence-corrected chi connectivity index (χ4v) is 3.71. The summed E-state index contributed by atoms with van der Waals surface area (Å²) in [5.74, 6) is -3.06. The number of hydrogen-bond acceptors (Lipinski definition) is 5. The summed E-state index contributed by atoms with van der Waals surface area (Å²) in [4.78, 5) is 14.3. The van der Waals surface area contributed by atoms with E-state index in [2.05, 4.69) is 15.0 Å². The third-order valence-corrected chi connectivity index (χ3v) is 5.43. The van der Waals surface area contributed by atoms with Crippen LogP contribution in [-0.2, 0) is 11.3 Å². The smallest absolute Gasteiger partial charge is 0.303 e. The first kappa shape index (κ1) is 16.0. The summed E-state index contributed by atoms with van der Waals surface area (Å²) >= 11 is 7.38. The van der Waals surface area contributed by atoms with Crippen molar-refractivity contribution in [3.8, 4) is 0 Å². The molecule has 24 heavy (non-hydrogen) atoms. The molecule has 0 unspecified atom stereocenters. The maximum atomic E-state index is 13.8. The van der Waals surface area contributed by atoms with Crippen LogP contribution in [0.4, 0.5) is 20.3 Å². The summed E-state index contributed by atoms with van der Waals surface area (Å²) in [6, 6.07) is 3.54. The Bertz CT molecular complexity index is 820. The number of fused-ring (bicyclic) bond motifs is 2. The third-order valence-electron chi connectivity index (χ3n) is 4.59. The Balaban J connectivity index is 1.84. The van der Waals surface area contributed by atoms with Gasteiger partial charge in [-0.2, -0.15) is 8.78 Å². The van der Waals surface area contributed by atoms with Gasteiger partial charge in [-0.25, -0.2) is 15.0 Å². The van der Waals surface area contributed by atoms with Gasteiger partial charge in [-0.15, -0.1) is 11.8 Å². The number of anilines is 2. The molecule has 1 aliphatic carbocycles. The van der Waals surface area contributed by atoms with Crippen LogP contribution in [0, 0.1) is 0 Å². The van der Waals surface area contributed by atoms with Crippen molar-refractivity contribution in [2.45, 2.75) is 36.1 Å². The zero-order chi connectivity index (χ0) is 17.1. The van der Waals surface area contributed by atoms with Gasteiger partial charge in [-0.05, 0) is 25.2 Å². The number of hydrogen-bond donors (Lipinski definition) is 0. The largest absolute Gasteiger partial charge is 0.325 e. The molecule has 0 amide bonds. The SMILES string of the molecule is CSc1cc(N2CC3(CC3)c3cnc(Cl)cc32)nc(C(C)(F)F)n1. The average Bonchev–Trinajstić information content (AvgIpc) is 3.24. The van der Waals surface area contributed by atoms with Crippen molar-refractivity contribution < 1.29 is 8.78 Å². The number of nitrogens with zero attached hydrogens (tertiary/aromatic N) is 4. The van der Waals surface area contributed by atoms with Gasteiger partial charge in [-0.1, -0.05) is 11.6 Å².